The highest BCUT2D eigenvalue weighted by Gasteiger charge is 2.30. The molecule has 2 aromatic carbocycles. The molecule has 2 aliphatic carbocycles. The first-order valence-corrected chi connectivity index (χ1v) is 11.2. The van der Waals surface area contributed by atoms with Crippen molar-refractivity contribution in [1.29, 1.82) is 0 Å². The summed E-state index contributed by atoms with van der Waals surface area (Å²) in [5.41, 5.74) is 12.8. The molecule has 4 rings (SSSR count). The zero-order valence-corrected chi connectivity index (χ0v) is 20.2. The number of allylic oxidation sites excluding steroid dienone is 4. The van der Waals surface area contributed by atoms with E-state index in [1.54, 1.807) is 0 Å². The normalized spacial score (nSPS) is 18.7. The summed E-state index contributed by atoms with van der Waals surface area (Å²) >= 11 is 0. The number of hydrogen-bond donors (Lipinski definition) is 0. The van der Waals surface area contributed by atoms with Crippen LogP contribution in [0.2, 0.25) is 0 Å². The van der Waals surface area contributed by atoms with Gasteiger partial charge in [0.15, 0.2) is 0 Å². The van der Waals surface area contributed by atoms with Crippen molar-refractivity contribution in [3.63, 3.8) is 0 Å². The molecule has 0 aromatic heterocycles. The van der Waals surface area contributed by atoms with Crippen LogP contribution in [-0.2, 0) is 11.8 Å². The second-order valence-corrected chi connectivity index (χ2v) is 10.7. The molecular formula is C29H34N2. The van der Waals surface area contributed by atoms with E-state index >= 15 is 0 Å². The third-order valence-corrected chi connectivity index (χ3v) is 6.47. The molecule has 0 saturated heterocycles. The molecule has 2 aromatic rings. The maximum absolute atomic E-state index is 4.67. The Bertz CT molecular complexity index is 1170. The summed E-state index contributed by atoms with van der Waals surface area (Å²) in [5, 5.41) is 0. The fourth-order valence-corrected chi connectivity index (χ4v) is 4.72. The summed E-state index contributed by atoms with van der Waals surface area (Å²) in [4.78, 5) is 9.31. The van der Waals surface area contributed by atoms with Crippen LogP contribution in [0.25, 0.3) is 16.7 Å². The van der Waals surface area contributed by atoms with E-state index < -0.39 is 0 Å². The van der Waals surface area contributed by atoms with Crippen LogP contribution >= 0.6 is 0 Å². The Morgan fingerprint density at radius 3 is 1.87 bits per heavy atom. The molecule has 2 aliphatic rings. The molecule has 0 heterocycles. The fourth-order valence-electron chi connectivity index (χ4n) is 4.72. The van der Waals surface area contributed by atoms with Crippen LogP contribution in [-0.4, -0.2) is 25.5 Å². The summed E-state index contributed by atoms with van der Waals surface area (Å²) in [7, 11) is 3.74. The lowest BCUT2D eigenvalue weighted by Gasteiger charge is -2.28. The van der Waals surface area contributed by atoms with Gasteiger partial charge in [-0.1, -0.05) is 90.1 Å². The third kappa shape index (κ3) is 3.73. The van der Waals surface area contributed by atoms with Gasteiger partial charge >= 0.3 is 0 Å². The molecular weight excluding hydrogens is 376 g/mol. The van der Waals surface area contributed by atoms with Crippen LogP contribution in [0.4, 0.5) is 0 Å². The van der Waals surface area contributed by atoms with Crippen molar-refractivity contribution < 1.29 is 0 Å². The van der Waals surface area contributed by atoms with Gasteiger partial charge in [-0.05, 0) is 56.2 Å². The van der Waals surface area contributed by atoms with E-state index in [1.165, 1.54) is 39.0 Å². The summed E-state index contributed by atoms with van der Waals surface area (Å²) < 4.78 is 0. The van der Waals surface area contributed by atoms with Gasteiger partial charge in [0.05, 0.1) is 11.4 Å². The van der Waals surface area contributed by atoms with E-state index in [2.05, 4.69) is 100 Å². The molecule has 31 heavy (non-hydrogen) atoms. The summed E-state index contributed by atoms with van der Waals surface area (Å²) in [6.45, 7) is 13.5. The Labute approximate surface area is 187 Å². The van der Waals surface area contributed by atoms with Crippen molar-refractivity contribution in [2.45, 2.75) is 53.4 Å². The van der Waals surface area contributed by atoms with E-state index in [4.69, 9.17) is 0 Å². The van der Waals surface area contributed by atoms with E-state index in [1.807, 2.05) is 14.1 Å². The van der Waals surface area contributed by atoms with Crippen molar-refractivity contribution in [3.05, 3.63) is 76.4 Å². The summed E-state index contributed by atoms with van der Waals surface area (Å²) in [5.74, 6) is 0. The first-order chi connectivity index (χ1) is 14.5. The molecule has 0 aliphatic heterocycles. The SMILES string of the molecule is C/N=C1/C(c2ccc3c(c2)Cc2cc(C(C)(C)C)ccc2-3)=CC=C(C(C)(C)C)/C1=N/C. The zero-order chi connectivity index (χ0) is 22.6. The topological polar surface area (TPSA) is 24.7 Å². The number of hydrogen-bond acceptors (Lipinski definition) is 2. The summed E-state index contributed by atoms with van der Waals surface area (Å²) in [6, 6.07) is 13.9. The van der Waals surface area contributed by atoms with Gasteiger partial charge in [-0.3, -0.25) is 9.98 Å². The minimum Gasteiger partial charge on any atom is -0.286 e. The fraction of sp³-hybridized carbons (Fsp3) is 0.379. The number of rotatable bonds is 1. The van der Waals surface area contributed by atoms with Crippen molar-refractivity contribution in [1.82, 2.24) is 0 Å². The lowest BCUT2D eigenvalue weighted by molar-refractivity contribution is 0.525. The molecule has 0 unspecified atom stereocenters. The molecule has 0 radical (unpaired) electrons. The number of fused-ring (bicyclic) bond motifs is 3. The van der Waals surface area contributed by atoms with Crippen LogP contribution in [0.1, 0.15) is 63.8 Å². The molecule has 0 fully saturated rings. The monoisotopic (exact) mass is 410 g/mol. The van der Waals surface area contributed by atoms with E-state index in [9.17, 15) is 0 Å². The zero-order valence-electron chi connectivity index (χ0n) is 20.2. The van der Waals surface area contributed by atoms with Crippen molar-refractivity contribution in [2.24, 2.45) is 15.4 Å². The molecule has 0 saturated carbocycles. The summed E-state index contributed by atoms with van der Waals surface area (Å²) in [6.07, 6.45) is 5.44. The first kappa shape index (κ1) is 21.5. The Morgan fingerprint density at radius 2 is 1.29 bits per heavy atom. The Morgan fingerprint density at radius 1 is 0.677 bits per heavy atom. The van der Waals surface area contributed by atoms with E-state index in [-0.39, 0.29) is 10.8 Å². The molecule has 0 spiro atoms. The van der Waals surface area contributed by atoms with Gasteiger partial charge in [0.2, 0.25) is 0 Å². The Balaban J connectivity index is 1.76. The van der Waals surface area contributed by atoms with Gasteiger partial charge in [-0.2, -0.15) is 0 Å². The highest BCUT2D eigenvalue weighted by molar-refractivity contribution is 6.63. The van der Waals surface area contributed by atoms with Gasteiger partial charge < -0.3 is 0 Å². The maximum atomic E-state index is 4.67. The standard InChI is InChI=1S/C29H34N2/c1-28(2,3)21-10-12-23-20(17-21)16-19-15-18(9-11-22(19)23)24-13-14-25(29(4,5)6)27(31-8)26(24)30-7/h9-15,17H,16H2,1-8H3/b30-26-,31-27-. The van der Waals surface area contributed by atoms with Gasteiger partial charge in [-0.25, -0.2) is 0 Å². The Kier molecular flexibility index (Phi) is 5.16. The lowest BCUT2D eigenvalue weighted by Crippen LogP contribution is -2.28. The number of aliphatic imine (C=N–C) groups is 2. The van der Waals surface area contributed by atoms with E-state index in [0.717, 1.165) is 23.4 Å². The predicted molar refractivity (Wildman–Crippen MR) is 136 cm³/mol. The first-order valence-electron chi connectivity index (χ1n) is 11.2. The molecule has 2 nitrogen and oxygen atoms in total. The average molecular weight is 411 g/mol. The third-order valence-electron chi connectivity index (χ3n) is 6.47. The van der Waals surface area contributed by atoms with Gasteiger partial charge in [0.1, 0.15) is 0 Å². The predicted octanol–water partition coefficient (Wildman–Crippen LogP) is 7.07. The van der Waals surface area contributed by atoms with Crippen LogP contribution < -0.4 is 0 Å². The molecule has 0 amide bonds. The molecule has 0 N–H and O–H groups in total. The van der Waals surface area contributed by atoms with Crippen LogP contribution in [0.3, 0.4) is 0 Å². The average Bonchev–Trinajstić information content (AvgIpc) is 3.08. The highest BCUT2D eigenvalue weighted by Crippen LogP contribution is 2.41. The largest absolute Gasteiger partial charge is 0.286 e. The van der Waals surface area contributed by atoms with Crippen LogP contribution in [0.15, 0.2) is 64.1 Å². The highest BCUT2D eigenvalue weighted by atomic mass is 14.8. The Hall–Kier alpha value is -2.74. The molecule has 0 bridgehead atoms. The van der Waals surface area contributed by atoms with Gasteiger partial charge in [0.25, 0.3) is 0 Å². The van der Waals surface area contributed by atoms with Crippen molar-refractivity contribution in [2.75, 3.05) is 14.1 Å². The molecule has 2 heteroatoms. The molecule has 160 valence electrons. The quantitative estimate of drug-likeness (QED) is 0.383. The lowest BCUT2D eigenvalue weighted by atomic mass is 9.77. The second kappa shape index (κ2) is 7.44. The van der Waals surface area contributed by atoms with Crippen LogP contribution in [0, 0.1) is 5.41 Å². The maximum Gasteiger partial charge on any atom is 0.0904 e. The minimum atomic E-state index is 0.0250. The van der Waals surface area contributed by atoms with Crippen LogP contribution in [0.5, 0.6) is 0 Å². The smallest absolute Gasteiger partial charge is 0.0904 e. The van der Waals surface area contributed by atoms with Crippen molar-refractivity contribution in [3.8, 4) is 11.1 Å². The van der Waals surface area contributed by atoms with Gasteiger partial charge in [0, 0.05) is 19.7 Å². The van der Waals surface area contributed by atoms with Crippen molar-refractivity contribution >= 4 is 17.0 Å². The number of benzene rings is 2. The number of nitrogens with zero attached hydrogens (tertiary/aromatic N) is 2. The molecule has 0 atom stereocenters. The minimum absolute atomic E-state index is 0.0250. The van der Waals surface area contributed by atoms with E-state index in [0.29, 0.717) is 0 Å². The van der Waals surface area contributed by atoms with Gasteiger partial charge in [-0.15, -0.1) is 0 Å². The second-order valence-electron chi connectivity index (χ2n) is 10.7.